The first-order valence-corrected chi connectivity index (χ1v) is 6.94. The van der Waals surface area contributed by atoms with Gasteiger partial charge in [0.15, 0.2) is 0 Å². The van der Waals surface area contributed by atoms with E-state index < -0.39 is 0 Å². The van der Waals surface area contributed by atoms with E-state index in [-0.39, 0.29) is 18.3 Å². The van der Waals surface area contributed by atoms with Crippen LogP contribution in [0.3, 0.4) is 0 Å². The molecule has 0 saturated heterocycles. The molecule has 0 atom stereocenters. The summed E-state index contributed by atoms with van der Waals surface area (Å²) in [6, 6.07) is 12.1. The van der Waals surface area contributed by atoms with Gasteiger partial charge < -0.3 is 5.32 Å². The van der Waals surface area contributed by atoms with Crippen molar-refractivity contribution in [1.29, 1.82) is 0 Å². The first-order chi connectivity index (χ1) is 10.6. The molecule has 5 heteroatoms. The van der Waals surface area contributed by atoms with E-state index in [1.165, 1.54) is 12.3 Å². The molecule has 0 bridgehead atoms. The Bertz CT molecular complexity index is 678. The van der Waals surface area contributed by atoms with E-state index in [4.69, 9.17) is 0 Å². The quantitative estimate of drug-likeness (QED) is 0.658. The van der Waals surface area contributed by atoms with E-state index in [0.717, 1.165) is 16.8 Å². The van der Waals surface area contributed by atoms with Crippen LogP contribution in [0.5, 0.6) is 0 Å². The normalized spacial score (nSPS) is 10.7. The summed E-state index contributed by atoms with van der Waals surface area (Å²) in [5, 5.41) is 6.84. The van der Waals surface area contributed by atoms with Crippen molar-refractivity contribution in [2.24, 2.45) is 5.10 Å². The Morgan fingerprint density at radius 1 is 1.14 bits per heavy atom. The standard InChI is InChI=1S/C17H18FN3O/c1-12-6-5-7-13(2)17(12)19-11-16(22)21-20-10-14-8-3-4-9-15(14)18/h3-10,19H,11H2,1-2H3,(H,21,22)/b20-10+. The number of carbonyl (C=O) groups excluding carboxylic acids is 1. The van der Waals surface area contributed by atoms with Gasteiger partial charge >= 0.3 is 0 Å². The largest absolute Gasteiger partial charge is 0.376 e. The fourth-order valence-corrected chi connectivity index (χ4v) is 2.06. The fourth-order valence-electron chi connectivity index (χ4n) is 2.06. The summed E-state index contributed by atoms with van der Waals surface area (Å²) >= 11 is 0. The maximum atomic E-state index is 13.4. The van der Waals surface area contributed by atoms with Gasteiger partial charge in [-0.1, -0.05) is 36.4 Å². The number of rotatable bonds is 5. The first kappa shape index (κ1) is 15.7. The van der Waals surface area contributed by atoms with Gasteiger partial charge in [-0.2, -0.15) is 5.10 Å². The number of carbonyl (C=O) groups is 1. The molecular weight excluding hydrogens is 281 g/mol. The van der Waals surface area contributed by atoms with Crippen molar-refractivity contribution in [3.05, 3.63) is 65.0 Å². The predicted molar refractivity (Wildman–Crippen MR) is 86.5 cm³/mol. The summed E-state index contributed by atoms with van der Waals surface area (Å²) in [6.45, 7) is 4.05. The summed E-state index contributed by atoms with van der Waals surface area (Å²) < 4.78 is 13.4. The van der Waals surface area contributed by atoms with Crippen LogP contribution in [0.1, 0.15) is 16.7 Å². The minimum Gasteiger partial charge on any atom is -0.376 e. The van der Waals surface area contributed by atoms with Crippen LogP contribution in [0.4, 0.5) is 10.1 Å². The molecule has 0 aliphatic rings. The third-order valence-corrected chi connectivity index (χ3v) is 3.20. The van der Waals surface area contributed by atoms with Gasteiger partial charge in [0.1, 0.15) is 5.82 Å². The van der Waals surface area contributed by atoms with Crippen molar-refractivity contribution in [3.63, 3.8) is 0 Å². The summed E-state index contributed by atoms with van der Waals surface area (Å²) in [6.07, 6.45) is 1.28. The van der Waals surface area contributed by atoms with Gasteiger partial charge in [-0.3, -0.25) is 4.79 Å². The Kier molecular flexibility index (Phi) is 5.25. The molecular formula is C17H18FN3O. The molecule has 2 rings (SSSR count). The van der Waals surface area contributed by atoms with Crippen LogP contribution < -0.4 is 10.7 Å². The lowest BCUT2D eigenvalue weighted by molar-refractivity contribution is -0.119. The van der Waals surface area contributed by atoms with Crippen LogP contribution in [0.2, 0.25) is 0 Å². The molecule has 0 unspecified atom stereocenters. The fraction of sp³-hybridized carbons (Fsp3) is 0.176. The summed E-state index contributed by atoms with van der Waals surface area (Å²) in [5.74, 6) is -0.676. The number of hydrogen-bond acceptors (Lipinski definition) is 3. The molecule has 0 fully saturated rings. The van der Waals surface area contributed by atoms with Gasteiger partial charge in [-0.05, 0) is 31.0 Å². The molecule has 114 valence electrons. The average Bonchev–Trinajstić information content (AvgIpc) is 2.49. The molecule has 2 N–H and O–H groups in total. The Morgan fingerprint density at radius 3 is 2.50 bits per heavy atom. The molecule has 0 heterocycles. The topological polar surface area (TPSA) is 53.5 Å². The second-order valence-electron chi connectivity index (χ2n) is 4.94. The van der Waals surface area contributed by atoms with Crippen molar-refractivity contribution in [3.8, 4) is 0 Å². The number of nitrogens with zero attached hydrogens (tertiary/aromatic N) is 1. The maximum absolute atomic E-state index is 13.4. The molecule has 0 aliphatic heterocycles. The lowest BCUT2D eigenvalue weighted by Gasteiger charge is -2.11. The number of hydrogen-bond donors (Lipinski definition) is 2. The SMILES string of the molecule is Cc1cccc(C)c1NCC(=O)N/N=C/c1ccccc1F. The second-order valence-corrected chi connectivity index (χ2v) is 4.94. The number of nitrogens with one attached hydrogen (secondary N) is 2. The number of benzene rings is 2. The monoisotopic (exact) mass is 299 g/mol. The van der Waals surface area contributed by atoms with Crippen LogP contribution >= 0.6 is 0 Å². The summed E-state index contributed by atoms with van der Waals surface area (Å²) in [5.41, 5.74) is 5.78. The Hall–Kier alpha value is -2.69. The highest BCUT2D eigenvalue weighted by Crippen LogP contribution is 2.18. The minimum atomic E-state index is -0.380. The van der Waals surface area contributed by atoms with Crippen LogP contribution in [-0.2, 0) is 4.79 Å². The molecule has 1 amide bonds. The van der Waals surface area contributed by atoms with E-state index in [9.17, 15) is 9.18 Å². The Balaban J connectivity index is 1.88. The lowest BCUT2D eigenvalue weighted by atomic mass is 10.1. The maximum Gasteiger partial charge on any atom is 0.259 e. The van der Waals surface area contributed by atoms with Gasteiger partial charge in [-0.15, -0.1) is 0 Å². The number of para-hydroxylation sites is 1. The van der Waals surface area contributed by atoms with Gasteiger partial charge in [-0.25, -0.2) is 9.82 Å². The molecule has 0 spiro atoms. The van der Waals surface area contributed by atoms with Crippen LogP contribution in [0.15, 0.2) is 47.6 Å². The van der Waals surface area contributed by atoms with Gasteiger partial charge in [0, 0.05) is 11.3 Å². The van der Waals surface area contributed by atoms with E-state index in [1.807, 2.05) is 32.0 Å². The molecule has 0 aliphatic carbocycles. The molecule has 0 saturated carbocycles. The number of amides is 1. The van der Waals surface area contributed by atoms with E-state index in [1.54, 1.807) is 18.2 Å². The molecule has 0 aromatic heterocycles. The van der Waals surface area contributed by atoms with Crippen LogP contribution in [0.25, 0.3) is 0 Å². The molecule has 0 radical (unpaired) electrons. The third kappa shape index (κ3) is 4.15. The highest BCUT2D eigenvalue weighted by Gasteiger charge is 2.04. The summed E-state index contributed by atoms with van der Waals surface area (Å²) in [7, 11) is 0. The number of halogens is 1. The zero-order valence-electron chi connectivity index (χ0n) is 12.6. The van der Waals surface area contributed by atoms with Gasteiger partial charge in [0.05, 0.1) is 12.8 Å². The molecule has 4 nitrogen and oxygen atoms in total. The predicted octanol–water partition coefficient (Wildman–Crippen LogP) is 3.00. The summed E-state index contributed by atoms with van der Waals surface area (Å²) in [4.78, 5) is 11.7. The van der Waals surface area contributed by atoms with Gasteiger partial charge in [0.2, 0.25) is 0 Å². The van der Waals surface area contributed by atoms with E-state index >= 15 is 0 Å². The van der Waals surface area contributed by atoms with E-state index in [2.05, 4.69) is 15.8 Å². The molecule has 2 aromatic rings. The number of hydrazone groups is 1. The minimum absolute atomic E-state index is 0.0975. The zero-order chi connectivity index (χ0) is 15.9. The highest BCUT2D eigenvalue weighted by atomic mass is 19.1. The zero-order valence-corrected chi connectivity index (χ0v) is 12.6. The van der Waals surface area contributed by atoms with Crippen molar-refractivity contribution >= 4 is 17.8 Å². The van der Waals surface area contributed by atoms with Crippen LogP contribution in [0, 0.1) is 19.7 Å². The second kappa shape index (κ2) is 7.36. The third-order valence-electron chi connectivity index (χ3n) is 3.20. The number of anilines is 1. The average molecular weight is 299 g/mol. The first-order valence-electron chi connectivity index (χ1n) is 6.94. The van der Waals surface area contributed by atoms with Crippen LogP contribution in [-0.4, -0.2) is 18.7 Å². The molecule has 22 heavy (non-hydrogen) atoms. The Labute approximate surface area is 129 Å². The van der Waals surface area contributed by atoms with Crippen molar-refractivity contribution in [1.82, 2.24) is 5.43 Å². The lowest BCUT2D eigenvalue weighted by Crippen LogP contribution is -2.26. The number of aryl methyl sites for hydroxylation is 2. The van der Waals surface area contributed by atoms with Gasteiger partial charge in [0.25, 0.3) is 5.91 Å². The van der Waals surface area contributed by atoms with Crippen molar-refractivity contribution in [2.45, 2.75) is 13.8 Å². The highest BCUT2D eigenvalue weighted by molar-refractivity contribution is 5.84. The smallest absolute Gasteiger partial charge is 0.259 e. The molecule has 2 aromatic carbocycles. The van der Waals surface area contributed by atoms with E-state index in [0.29, 0.717) is 5.56 Å². The van der Waals surface area contributed by atoms with Crippen molar-refractivity contribution in [2.75, 3.05) is 11.9 Å². The van der Waals surface area contributed by atoms with Crippen molar-refractivity contribution < 1.29 is 9.18 Å². The Morgan fingerprint density at radius 2 is 1.82 bits per heavy atom.